The summed E-state index contributed by atoms with van der Waals surface area (Å²) in [5, 5.41) is -0.351. The van der Waals surface area contributed by atoms with Crippen molar-refractivity contribution in [3.05, 3.63) is 59.9 Å². The van der Waals surface area contributed by atoms with E-state index in [0.29, 0.717) is 17.0 Å². The van der Waals surface area contributed by atoms with Crippen molar-refractivity contribution in [2.45, 2.75) is 18.6 Å². The summed E-state index contributed by atoms with van der Waals surface area (Å²) in [6.07, 6.45) is 3.93. The van der Waals surface area contributed by atoms with Crippen LogP contribution in [0.1, 0.15) is 11.1 Å². The lowest BCUT2D eigenvalue weighted by Gasteiger charge is -2.35. The number of amides is 2. The van der Waals surface area contributed by atoms with Gasteiger partial charge in [-0.25, -0.2) is 28.1 Å². The summed E-state index contributed by atoms with van der Waals surface area (Å²) in [6, 6.07) is 10.4. The van der Waals surface area contributed by atoms with Crippen molar-refractivity contribution >= 4 is 33.2 Å². The number of aryl methyl sites for hydroxylation is 1. The molecule has 0 N–H and O–H groups in total. The number of urea groups is 1. The fourth-order valence-corrected chi connectivity index (χ4v) is 3.57. The van der Waals surface area contributed by atoms with E-state index in [9.17, 15) is 13.2 Å². The summed E-state index contributed by atoms with van der Waals surface area (Å²) in [7, 11) is -2.14. The van der Waals surface area contributed by atoms with Gasteiger partial charge in [0, 0.05) is 23.7 Å². The number of aromatic nitrogens is 3. The molecule has 0 aliphatic carbocycles. The molecule has 0 unspecified atom stereocenters. The summed E-state index contributed by atoms with van der Waals surface area (Å²) in [6.45, 7) is 2.17. The number of hydrogen-bond donors (Lipinski definition) is 0. The highest BCUT2D eigenvalue weighted by atomic mass is 32.2. The number of fused-ring (bicyclic) bond motifs is 1. The Morgan fingerprint density at radius 1 is 1.03 bits per heavy atom. The summed E-state index contributed by atoms with van der Waals surface area (Å²) < 4.78 is 29.1. The standard InChI is InChI=1S/C20H19N5O4S/c1-13-4-6-15(7-5-13)24-12-14-10-22-19(30(3,27)28)23-18(14)25(20(24)26)17-9-8-16(29-2)11-21-17/h4-11H,12H2,1-3H3. The van der Waals surface area contributed by atoms with Gasteiger partial charge in [0.15, 0.2) is 5.82 Å². The molecule has 154 valence electrons. The van der Waals surface area contributed by atoms with Crippen LogP contribution >= 0.6 is 0 Å². The van der Waals surface area contributed by atoms with Crippen LogP contribution in [0.2, 0.25) is 0 Å². The first-order valence-electron chi connectivity index (χ1n) is 9.02. The van der Waals surface area contributed by atoms with Gasteiger partial charge in [0.1, 0.15) is 11.6 Å². The lowest BCUT2D eigenvalue weighted by atomic mass is 10.1. The van der Waals surface area contributed by atoms with Crippen LogP contribution in [0.25, 0.3) is 0 Å². The molecule has 10 heteroatoms. The maximum absolute atomic E-state index is 13.5. The minimum Gasteiger partial charge on any atom is -0.495 e. The number of ether oxygens (including phenoxy) is 1. The largest absolute Gasteiger partial charge is 0.495 e. The van der Waals surface area contributed by atoms with Crippen LogP contribution in [0.3, 0.4) is 0 Å². The number of pyridine rings is 1. The third-order valence-corrected chi connectivity index (χ3v) is 5.50. The molecule has 3 heterocycles. The normalized spacial score (nSPS) is 13.9. The molecule has 2 amide bonds. The number of rotatable bonds is 4. The third-order valence-electron chi connectivity index (χ3n) is 4.64. The van der Waals surface area contributed by atoms with Gasteiger partial charge in [0.2, 0.25) is 15.0 Å². The molecule has 0 atom stereocenters. The summed E-state index contributed by atoms with van der Waals surface area (Å²) in [5.41, 5.74) is 2.36. The highest BCUT2D eigenvalue weighted by Gasteiger charge is 2.35. The number of nitrogens with zero attached hydrogens (tertiary/aromatic N) is 5. The maximum Gasteiger partial charge on any atom is 0.336 e. The van der Waals surface area contributed by atoms with Gasteiger partial charge in [-0.3, -0.25) is 4.90 Å². The fourth-order valence-electron chi connectivity index (χ4n) is 3.07. The van der Waals surface area contributed by atoms with Gasteiger partial charge in [0.25, 0.3) is 0 Å². The quantitative estimate of drug-likeness (QED) is 0.592. The van der Waals surface area contributed by atoms with Crippen LogP contribution in [-0.4, -0.2) is 42.8 Å². The topological polar surface area (TPSA) is 106 Å². The monoisotopic (exact) mass is 425 g/mol. The predicted octanol–water partition coefficient (Wildman–Crippen LogP) is 2.87. The fraction of sp³-hybridized carbons (Fsp3) is 0.200. The van der Waals surface area contributed by atoms with E-state index in [1.54, 1.807) is 17.0 Å². The number of benzene rings is 1. The SMILES string of the molecule is COc1ccc(N2C(=O)N(c3ccc(C)cc3)Cc3cnc(S(C)(=O)=O)nc32)nc1. The van der Waals surface area contributed by atoms with E-state index < -0.39 is 15.9 Å². The number of anilines is 3. The Bertz CT molecular complexity index is 1210. The predicted molar refractivity (Wildman–Crippen MR) is 111 cm³/mol. The van der Waals surface area contributed by atoms with Crippen molar-refractivity contribution in [1.82, 2.24) is 15.0 Å². The molecule has 0 fully saturated rings. The Balaban J connectivity index is 1.87. The van der Waals surface area contributed by atoms with E-state index in [1.807, 2.05) is 31.2 Å². The van der Waals surface area contributed by atoms with Crippen LogP contribution in [0, 0.1) is 6.92 Å². The second-order valence-corrected chi connectivity index (χ2v) is 8.78. The van der Waals surface area contributed by atoms with Crippen molar-refractivity contribution in [3.63, 3.8) is 0 Å². The average molecular weight is 425 g/mol. The zero-order chi connectivity index (χ0) is 21.5. The molecule has 0 saturated heterocycles. The third kappa shape index (κ3) is 3.57. The zero-order valence-electron chi connectivity index (χ0n) is 16.6. The molecule has 2 aromatic heterocycles. The highest BCUT2D eigenvalue weighted by molar-refractivity contribution is 7.90. The summed E-state index contributed by atoms with van der Waals surface area (Å²) >= 11 is 0. The maximum atomic E-state index is 13.5. The van der Waals surface area contributed by atoms with Crippen molar-refractivity contribution in [1.29, 1.82) is 0 Å². The molecule has 0 saturated carbocycles. The summed E-state index contributed by atoms with van der Waals surface area (Å²) in [5.74, 6) is 1.01. The molecule has 1 aromatic carbocycles. The van der Waals surface area contributed by atoms with E-state index in [2.05, 4.69) is 15.0 Å². The van der Waals surface area contributed by atoms with Crippen LogP contribution < -0.4 is 14.5 Å². The van der Waals surface area contributed by atoms with Crippen LogP contribution in [0.15, 0.2) is 53.9 Å². The Kier molecular flexibility index (Phi) is 4.86. The molecule has 1 aliphatic heterocycles. The van der Waals surface area contributed by atoms with E-state index in [4.69, 9.17) is 4.74 Å². The van der Waals surface area contributed by atoms with Gasteiger partial charge >= 0.3 is 6.03 Å². The van der Waals surface area contributed by atoms with Gasteiger partial charge in [-0.05, 0) is 31.2 Å². The number of carbonyl (C=O) groups is 1. The Hall–Kier alpha value is -3.53. The number of sulfone groups is 1. The van der Waals surface area contributed by atoms with Crippen molar-refractivity contribution in [3.8, 4) is 5.75 Å². The van der Waals surface area contributed by atoms with E-state index in [0.717, 1.165) is 11.8 Å². The van der Waals surface area contributed by atoms with Gasteiger partial charge in [0.05, 0.1) is 19.9 Å². The molecule has 1 aliphatic rings. The molecule has 30 heavy (non-hydrogen) atoms. The van der Waals surface area contributed by atoms with Crippen molar-refractivity contribution in [2.75, 3.05) is 23.2 Å². The van der Waals surface area contributed by atoms with Crippen LogP contribution in [-0.2, 0) is 16.4 Å². The Morgan fingerprint density at radius 2 is 1.77 bits per heavy atom. The molecule has 0 bridgehead atoms. The molecule has 9 nitrogen and oxygen atoms in total. The lowest BCUT2D eigenvalue weighted by molar-refractivity contribution is 0.252. The minimum absolute atomic E-state index is 0.191. The molecular formula is C20H19N5O4S. The van der Waals surface area contributed by atoms with Gasteiger partial charge in [-0.2, -0.15) is 4.98 Å². The van der Waals surface area contributed by atoms with Gasteiger partial charge in [-0.1, -0.05) is 17.7 Å². The van der Waals surface area contributed by atoms with E-state index in [-0.39, 0.29) is 23.3 Å². The van der Waals surface area contributed by atoms with Crippen molar-refractivity contribution < 1.29 is 17.9 Å². The first-order valence-corrected chi connectivity index (χ1v) is 10.9. The number of carbonyl (C=O) groups excluding carboxylic acids is 1. The summed E-state index contributed by atoms with van der Waals surface area (Å²) in [4.78, 5) is 28.8. The average Bonchev–Trinajstić information content (AvgIpc) is 2.73. The first kappa shape index (κ1) is 19.8. The molecule has 0 spiro atoms. The van der Waals surface area contributed by atoms with Crippen molar-refractivity contribution in [2.24, 2.45) is 0 Å². The van der Waals surface area contributed by atoms with E-state index in [1.165, 1.54) is 24.4 Å². The Labute approximate surface area is 173 Å². The smallest absolute Gasteiger partial charge is 0.336 e. The van der Waals surface area contributed by atoms with Crippen LogP contribution in [0.4, 0.5) is 22.1 Å². The second kappa shape index (κ2) is 7.38. The molecule has 3 aromatic rings. The molecule has 4 rings (SSSR count). The minimum atomic E-state index is -3.65. The lowest BCUT2D eigenvalue weighted by Crippen LogP contribution is -2.46. The van der Waals surface area contributed by atoms with Crippen LogP contribution in [0.5, 0.6) is 5.75 Å². The Morgan fingerprint density at radius 3 is 2.37 bits per heavy atom. The highest BCUT2D eigenvalue weighted by Crippen LogP contribution is 2.35. The molecule has 0 radical (unpaired) electrons. The zero-order valence-corrected chi connectivity index (χ0v) is 17.4. The van der Waals surface area contributed by atoms with Gasteiger partial charge in [-0.15, -0.1) is 0 Å². The number of methoxy groups -OCH3 is 1. The van der Waals surface area contributed by atoms with Gasteiger partial charge < -0.3 is 4.74 Å². The molecular weight excluding hydrogens is 406 g/mol. The second-order valence-electron chi connectivity index (χ2n) is 6.87. The van der Waals surface area contributed by atoms with E-state index >= 15 is 0 Å². The number of hydrogen-bond acceptors (Lipinski definition) is 7. The first-order chi connectivity index (χ1) is 14.3.